The van der Waals surface area contributed by atoms with Gasteiger partial charge < -0.3 is 9.42 Å². The molecule has 2 saturated heterocycles. The standard InChI is InChI=1S/C12H16N2O2S/c1-17-10-6-8-2-3-9(7-10)14(8)12(15)11-4-5-13-16-11/h4-5,8-10H,2-3,6-7H2,1H3. The van der Waals surface area contributed by atoms with Crippen LogP contribution in [0.5, 0.6) is 0 Å². The van der Waals surface area contributed by atoms with E-state index in [1.807, 2.05) is 16.7 Å². The molecule has 0 aliphatic carbocycles. The molecule has 4 nitrogen and oxygen atoms in total. The van der Waals surface area contributed by atoms with E-state index in [1.165, 1.54) is 6.20 Å². The molecular formula is C12H16N2O2S. The minimum atomic E-state index is 0.0227. The van der Waals surface area contributed by atoms with Gasteiger partial charge in [-0.3, -0.25) is 4.79 Å². The summed E-state index contributed by atoms with van der Waals surface area (Å²) in [6.07, 6.45) is 8.22. The summed E-state index contributed by atoms with van der Waals surface area (Å²) < 4.78 is 4.98. The first-order chi connectivity index (χ1) is 8.29. The Morgan fingerprint density at radius 3 is 2.71 bits per heavy atom. The van der Waals surface area contributed by atoms with Crippen molar-refractivity contribution in [3.8, 4) is 0 Å². The first-order valence-corrected chi connectivity index (χ1v) is 7.34. The number of aromatic nitrogens is 1. The Kier molecular flexibility index (Phi) is 2.86. The minimum Gasteiger partial charge on any atom is -0.351 e. The molecule has 0 radical (unpaired) electrons. The van der Waals surface area contributed by atoms with Crippen LogP contribution in [0.1, 0.15) is 36.2 Å². The van der Waals surface area contributed by atoms with Crippen molar-refractivity contribution in [3.05, 3.63) is 18.0 Å². The van der Waals surface area contributed by atoms with E-state index in [4.69, 9.17) is 4.52 Å². The predicted molar refractivity (Wildman–Crippen MR) is 66.0 cm³/mol. The highest BCUT2D eigenvalue weighted by atomic mass is 32.2. The molecule has 3 rings (SSSR count). The number of nitrogens with zero attached hydrogens (tertiary/aromatic N) is 2. The lowest BCUT2D eigenvalue weighted by Crippen LogP contribution is -2.47. The summed E-state index contributed by atoms with van der Waals surface area (Å²) in [6.45, 7) is 0. The van der Waals surface area contributed by atoms with E-state index < -0.39 is 0 Å². The molecule has 2 aliphatic heterocycles. The van der Waals surface area contributed by atoms with Crippen molar-refractivity contribution in [2.45, 2.75) is 43.0 Å². The van der Waals surface area contributed by atoms with Gasteiger partial charge in [0.05, 0.1) is 6.20 Å². The largest absolute Gasteiger partial charge is 0.351 e. The van der Waals surface area contributed by atoms with Gasteiger partial charge in [-0.2, -0.15) is 11.8 Å². The van der Waals surface area contributed by atoms with Crippen molar-refractivity contribution >= 4 is 17.7 Å². The van der Waals surface area contributed by atoms with Crippen molar-refractivity contribution in [1.82, 2.24) is 10.1 Å². The third-order valence-corrected chi connectivity index (χ3v) is 4.96. The number of fused-ring (bicyclic) bond motifs is 2. The lowest BCUT2D eigenvalue weighted by atomic mass is 10.0. The highest BCUT2D eigenvalue weighted by Crippen LogP contribution is 2.40. The van der Waals surface area contributed by atoms with E-state index in [0.717, 1.165) is 25.7 Å². The van der Waals surface area contributed by atoms with Crippen LogP contribution in [0, 0.1) is 0 Å². The van der Waals surface area contributed by atoms with Crippen molar-refractivity contribution in [2.75, 3.05) is 6.26 Å². The third kappa shape index (κ3) is 1.86. The summed E-state index contributed by atoms with van der Waals surface area (Å²) in [7, 11) is 0. The highest BCUT2D eigenvalue weighted by molar-refractivity contribution is 7.99. The second kappa shape index (κ2) is 4.37. The normalized spacial score (nSPS) is 31.8. The van der Waals surface area contributed by atoms with Gasteiger partial charge in [-0.15, -0.1) is 0 Å². The lowest BCUT2D eigenvalue weighted by molar-refractivity contribution is 0.0559. The van der Waals surface area contributed by atoms with E-state index in [1.54, 1.807) is 6.07 Å². The molecule has 92 valence electrons. The Bertz CT molecular complexity index is 393. The maximum Gasteiger partial charge on any atom is 0.292 e. The SMILES string of the molecule is CSC1CC2CCC(C1)N2C(=O)c1ccno1. The molecule has 2 atom stereocenters. The maximum atomic E-state index is 12.3. The zero-order chi connectivity index (χ0) is 11.8. The number of piperidine rings is 1. The van der Waals surface area contributed by atoms with Crippen LogP contribution in [-0.4, -0.2) is 39.6 Å². The van der Waals surface area contributed by atoms with Gasteiger partial charge in [0.15, 0.2) is 0 Å². The molecular weight excluding hydrogens is 236 g/mol. The van der Waals surface area contributed by atoms with Crippen LogP contribution in [0.2, 0.25) is 0 Å². The highest BCUT2D eigenvalue weighted by Gasteiger charge is 2.43. The van der Waals surface area contributed by atoms with Crippen LogP contribution in [0.4, 0.5) is 0 Å². The van der Waals surface area contributed by atoms with Gasteiger partial charge in [0.1, 0.15) is 0 Å². The van der Waals surface area contributed by atoms with E-state index in [-0.39, 0.29) is 5.91 Å². The van der Waals surface area contributed by atoms with Crippen LogP contribution in [0.25, 0.3) is 0 Å². The molecule has 1 aromatic rings. The first-order valence-electron chi connectivity index (χ1n) is 6.05. The van der Waals surface area contributed by atoms with Gasteiger partial charge in [-0.05, 0) is 31.9 Å². The van der Waals surface area contributed by atoms with E-state index in [9.17, 15) is 4.79 Å². The topological polar surface area (TPSA) is 46.3 Å². The predicted octanol–water partition coefficient (Wildman–Crippen LogP) is 2.17. The summed E-state index contributed by atoms with van der Waals surface area (Å²) in [5.41, 5.74) is 0. The average Bonchev–Trinajstić information content (AvgIpc) is 2.95. The van der Waals surface area contributed by atoms with Gasteiger partial charge in [0.2, 0.25) is 5.76 Å². The molecule has 0 N–H and O–H groups in total. The maximum absolute atomic E-state index is 12.3. The fourth-order valence-corrected chi connectivity index (χ4v) is 3.93. The van der Waals surface area contributed by atoms with Crippen molar-refractivity contribution in [3.63, 3.8) is 0 Å². The van der Waals surface area contributed by atoms with Crippen molar-refractivity contribution in [2.24, 2.45) is 0 Å². The summed E-state index contributed by atoms with van der Waals surface area (Å²) in [6, 6.07) is 2.47. The Morgan fingerprint density at radius 2 is 2.18 bits per heavy atom. The second-order valence-corrected chi connectivity index (χ2v) is 5.94. The van der Waals surface area contributed by atoms with E-state index in [0.29, 0.717) is 23.1 Å². The molecule has 1 aromatic heterocycles. The zero-order valence-electron chi connectivity index (χ0n) is 9.83. The summed E-state index contributed by atoms with van der Waals surface area (Å²) >= 11 is 1.93. The van der Waals surface area contributed by atoms with Gasteiger partial charge >= 0.3 is 0 Å². The molecule has 0 saturated carbocycles. The molecule has 2 bridgehead atoms. The second-order valence-electron chi connectivity index (χ2n) is 4.80. The molecule has 0 spiro atoms. The Balaban J connectivity index is 1.79. The first kappa shape index (κ1) is 11.1. The molecule has 5 heteroatoms. The number of rotatable bonds is 2. The Hall–Kier alpha value is -0.970. The molecule has 1 amide bonds. The van der Waals surface area contributed by atoms with Gasteiger partial charge in [-0.1, -0.05) is 5.16 Å². The fourth-order valence-electron chi connectivity index (χ4n) is 3.10. The number of carbonyl (C=O) groups is 1. The number of amides is 1. The smallest absolute Gasteiger partial charge is 0.292 e. The van der Waals surface area contributed by atoms with Gasteiger partial charge in [-0.25, -0.2) is 0 Å². The minimum absolute atomic E-state index is 0.0227. The van der Waals surface area contributed by atoms with Crippen molar-refractivity contribution < 1.29 is 9.32 Å². The monoisotopic (exact) mass is 252 g/mol. The molecule has 3 heterocycles. The number of hydrogen-bond acceptors (Lipinski definition) is 4. The molecule has 2 unspecified atom stereocenters. The zero-order valence-corrected chi connectivity index (χ0v) is 10.7. The fraction of sp³-hybridized carbons (Fsp3) is 0.667. The van der Waals surface area contributed by atoms with E-state index >= 15 is 0 Å². The average molecular weight is 252 g/mol. The summed E-state index contributed by atoms with van der Waals surface area (Å²) in [5, 5.41) is 4.33. The molecule has 2 aliphatic rings. The van der Waals surface area contributed by atoms with Crippen LogP contribution in [0.15, 0.2) is 16.8 Å². The number of hydrogen-bond donors (Lipinski definition) is 0. The van der Waals surface area contributed by atoms with Gasteiger partial charge in [0.25, 0.3) is 5.91 Å². The molecule has 17 heavy (non-hydrogen) atoms. The Morgan fingerprint density at radius 1 is 1.47 bits per heavy atom. The van der Waals surface area contributed by atoms with Crippen LogP contribution >= 0.6 is 11.8 Å². The van der Waals surface area contributed by atoms with Crippen LogP contribution in [-0.2, 0) is 0 Å². The van der Waals surface area contributed by atoms with Crippen LogP contribution < -0.4 is 0 Å². The third-order valence-electron chi connectivity index (χ3n) is 3.91. The lowest BCUT2D eigenvalue weighted by Gasteiger charge is -2.37. The quantitative estimate of drug-likeness (QED) is 0.809. The van der Waals surface area contributed by atoms with Crippen LogP contribution in [0.3, 0.4) is 0 Å². The number of thioether (sulfide) groups is 1. The van der Waals surface area contributed by atoms with Crippen molar-refractivity contribution in [1.29, 1.82) is 0 Å². The summed E-state index contributed by atoms with van der Waals surface area (Å²) in [5.74, 6) is 0.402. The summed E-state index contributed by atoms with van der Waals surface area (Å²) in [4.78, 5) is 14.3. The number of carbonyl (C=O) groups excluding carboxylic acids is 1. The molecule has 0 aromatic carbocycles. The molecule has 2 fully saturated rings. The van der Waals surface area contributed by atoms with Gasteiger partial charge in [0, 0.05) is 23.4 Å². The Labute approximate surface area is 105 Å². The van der Waals surface area contributed by atoms with E-state index in [2.05, 4.69) is 11.4 Å².